The fourth-order valence-electron chi connectivity index (χ4n) is 2.78. The zero-order valence-corrected chi connectivity index (χ0v) is 16.1. The van der Waals surface area contributed by atoms with Crippen LogP contribution in [0.2, 0.25) is 0 Å². The Labute approximate surface area is 157 Å². The average Bonchev–Trinajstić information content (AvgIpc) is 2.58. The predicted molar refractivity (Wildman–Crippen MR) is 105 cm³/mol. The molecule has 138 valence electrons. The molecule has 0 fully saturated rings. The van der Waals surface area contributed by atoms with E-state index in [4.69, 9.17) is 4.74 Å². The first-order valence-electron chi connectivity index (χ1n) is 8.08. The van der Waals surface area contributed by atoms with Crippen molar-refractivity contribution in [3.8, 4) is 5.75 Å². The maximum Gasteiger partial charge on any atom is 0.311 e. The Hall–Kier alpha value is -2.54. The summed E-state index contributed by atoms with van der Waals surface area (Å²) in [5, 5.41) is 14.0. The summed E-state index contributed by atoms with van der Waals surface area (Å²) in [6.07, 6.45) is 0. The van der Waals surface area contributed by atoms with E-state index >= 15 is 0 Å². The maximum atomic E-state index is 12.2. The standard InChI is InChI=1S/C19H22N2O4S/c1-12-7-13(2)19(14(3)8-12)20-18(22)11-26-10-15-5-6-17(25-4)16(9-15)21(23)24/h5-9H,10-11H2,1-4H3,(H,20,22). The minimum atomic E-state index is -0.470. The van der Waals surface area contributed by atoms with E-state index in [1.165, 1.54) is 24.9 Å². The molecule has 26 heavy (non-hydrogen) atoms. The minimum Gasteiger partial charge on any atom is -0.490 e. The van der Waals surface area contributed by atoms with E-state index in [1.54, 1.807) is 12.1 Å². The van der Waals surface area contributed by atoms with Crippen LogP contribution in [0.25, 0.3) is 0 Å². The minimum absolute atomic E-state index is 0.0686. The number of thioether (sulfide) groups is 1. The summed E-state index contributed by atoms with van der Waals surface area (Å²) in [6.45, 7) is 5.97. The number of benzene rings is 2. The summed E-state index contributed by atoms with van der Waals surface area (Å²) >= 11 is 1.41. The molecule has 6 nitrogen and oxygen atoms in total. The van der Waals surface area contributed by atoms with E-state index < -0.39 is 4.92 Å². The lowest BCUT2D eigenvalue weighted by Crippen LogP contribution is -2.16. The van der Waals surface area contributed by atoms with Crippen molar-refractivity contribution in [1.29, 1.82) is 0 Å². The first kappa shape index (κ1) is 19.8. The van der Waals surface area contributed by atoms with Crippen LogP contribution in [0.1, 0.15) is 22.3 Å². The molecule has 0 atom stereocenters. The van der Waals surface area contributed by atoms with Gasteiger partial charge in [0, 0.05) is 17.5 Å². The zero-order valence-electron chi connectivity index (χ0n) is 15.3. The van der Waals surface area contributed by atoms with Gasteiger partial charge < -0.3 is 10.1 Å². The molecule has 0 spiro atoms. The number of carbonyl (C=O) groups is 1. The van der Waals surface area contributed by atoms with Gasteiger partial charge in [-0.05, 0) is 43.5 Å². The van der Waals surface area contributed by atoms with Crippen molar-refractivity contribution in [1.82, 2.24) is 0 Å². The number of nitro benzene ring substituents is 1. The molecule has 0 aliphatic rings. The van der Waals surface area contributed by atoms with Crippen molar-refractivity contribution in [2.75, 3.05) is 18.2 Å². The molecule has 0 radical (unpaired) electrons. The number of amides is 1. The topological polar surface area (TPSA) is 81.5 Å². The third-order valence-electron chi connectivity index (χ3n) is 3.88. The molecule has 7 heteroatoms. The number of rotatable bonds is 7. The van der Waals surface area contributed by atoms with Crippen LogP contribution < -0.4 is 10.1 Å². The van der Waals surface area contributed by atoms with Crippen molar-refractivity contribution in [3.63, 3.8) is 0 Å². The lowest BCUT2D eigenvalue weighted by molar-refractivity contribution is -0.385. The molecule has 0 bridgehead atoms. The molecule has 0 unspecified atom stereocenters. The van der Waals surface area contributed by atoms with E-state index in [1.807, 2.05) is 32.9 Å². The van der Waals surface area contributed by atoms with E-state index in [9.17, 15) is 14.9 Å². The Morgan fingerprint density at radius 3 is 2.42 bits per heavy atom. The molecule has 2 aromatic rings. The summed E-state index contributed by atoms with van der Waals surface area (Å²) in [7, 11) is 1.40. The first-order chi connectivity index (χ1) is 12.3. The molecular weight excluding hydrogens is 352 g/mol. The fourth-order valence-corrected chi connectivity index (χ4v) is 3.56. The van der Waals surface area contributed by atoms with Crippen LogP contribution in [0.5, 0.6) is 5.75 Å². The highest BCUT2D eigenvalue weighted by atomic mass is 32.2. The Bertz CT molecular complexity index is 813. The largest absolute Gasteiger partial charge is 0.490 e. The lowest BCUT2D eigenvalue weighted by Gasteiger charge is -2.12. The van der Waals surface area contributed by atoms with Crippen LogP contribution in [0, 0.1) is 30.9 Å². The van der Waals surface area contributed by atoms with E-state index in [0.717, 1.165) is 27.9 Å². The molecule has 0 aliphatic heterocycles. The van der Waals surface area contributed by atoms with Crippen LogP contribution in [-0.2, 0) is 10.5 Å². The Balaban J connectivity index is 1.95. The van der Waals surface area contributed by atoms with Crippen molar-refractivity contribution in [3.05, 3.63) is 62.7 Å². The second-order valence-electron chi connectivity index (χ2n) is 6.08. The molecule has 0 aliphatic carbocycles. The van der Waals surface area contributed by atoms with Gasteiger partial charge in [0.25, 0.3) is 0 Å². The Morgan fingerprint density at radius 1 is 1.19 bits per heavy atom. The van der Waals surface area contributed by atoms with Gasteiger partial charge >= 0.3 is 5.69 Å². The monoisotopic (exact) mass is 374 g/mol. The predicted octanol–water partition coefficient (Wildman–Crippen LogP) is 4.40. The number of nitro groups is 1. The normalized spacial score (nSPS) is 10.5. The number of nitrogens with zero attached hydrogens (tertiary/aromatic N) is 1. The quantitative estimate of drug-likeness (QED) is 0.574. The van der Waals surface area contributed by atoms with Crippen LogP contribution in [0.15, 0.2) is 30.3 Å². The van der Waals surface area contributed by atoms with Crippen LogP contribution >= 0.6 is 11.8 Å². The van der Waals surface area contributed by atoms with Gasteiger partial charge in [-0.25, -0.2) is 0 Å². The molecular formula is C19H22N2O4S. The van der Waals surface area contributed by atoms with Gasteiger partial charge in [0.2, 0.25) is 5.91 Å². The highest BCUT2D eigenvalue weighted by molar-refractivity contribution is 7.99. The van der Waals surface area contributed by atoms with Crippen molar-refractivity contribution in [2.45, 2.75) is 26.5 Å². The van der Waals surface area contributed by atoms with Crippen LogP contribution in [0.3, 0.4) is 0 Å². The first-order valence-corrected chi connectivity index (χ1v) is 9.24. The maximum absolute atomic E-state index is 12.2. The van der Waals surface area contributed by atoms with E-state index in [2.05, 4.69) is 5.32 Å². The van der Waals surface area contributed by atoms with Gasteiger partial charge in [-0.1, -0.05) is 23.8 Å². The van der Waals surface area contributed by atoms with Crippen molar-refractivity contribution < 1.29 is 14.5 Å². The lowest BCUT2D eigenvalue weighted by atomic mass is 10.1. The number of nitrogens with one attached hydrogen (secondary N) is 1. The molecule has 1 N–H and O–H groups in total. The van der Waals surface area contributed by atoms with E-state index in [-0.39, 0.29) is 23.1 Å². The smallest absolute Gasteiger partial charge is 0.311 e. The number of carbonyl (C=O) groups excluding carboxylic acids is 1. The van der Waals surface area contributed by atoms with Gasteiger partial charge in [-0.3, -0.25) is 14.9 Å². The number of anilines is 1. The molecule has 0 saturated heterocycles. The van der Waals surface area contributed by atoms with Crippen LogP contribution in [-0.4, -0.2) is 23.7 Å². The molecule has 0 aromatic heterocycles. The molecule has 0 saturated carbocycles. The highest BCUT2D eigenvalue weighted by Gasteiger charge is 2.15. The summed E-state index contributed by atoms with van der Waals surface area (Å²) in [6, 6.07) is 8.90. The Kier molecular flexibility index (Phi) is 6.63. The number of hydrogen-bond acceptors (Lipinski definition) is 5. The van der Waals surface area contributed by atoms with Gasteiger partial charge in [-0.15, -0.1) is 11.8 Å². The summed E-state index contributed by atoms with van der Waals surface area (Å²) in [5.41, 5.74) is 4.78. The van der Waals surface area contributed by atoms with Crippen LogP contribution in [0.4, 0.5) is 11.4 Å². The molecule has 1 amide bonds. The summed E-state index contributed by atoms with van der Waals surface area (Å²) in [4.78, 5) is 22.8. The highest BCUT2D eigenvalue weighted by Crippen LogP contribution is 2.29. The number of aryl methyl sites for hydroxylation is 3. The number of hydrogen-bond donors (Lipinski definition) is 1. The van der Waals surface area contributed by atoms with Gasteiger partial charge in [0.15, 0.2) is 5.75 Å². The SMILES string of the molecule is COc1ccc(CSCC(=O)Nc2c(C)cc(C)cc2C)cc1[N+](=O)[O-]. The second kappa shape index (κ2) is 8.71. The van der Waals surface area contributed by atoms with Gasteiger partial charge in [-0.2, -0.15) is 0 Å². The zero-order chi connectivity index (χ0) is 19.3. The molecule has 0 heterocycles. The third kappa shape index (κ3) is 4.98. The number of ether oxygens (including phenoxy) is 1. The van der Waals surface area contributed by atoms with Crippen molar-refractivity contribution in [2.24, 2.45) is 0 Å². The molecule has 2 aromatic carbocycles. The van der Waals surface area contributed by atoms with Gasteiger partial charge in [0.1, 0.15) is 0 Å². The Morgan fingerprint density at radius 2 is 1.85 bits per heavy atom. The van der Waals surface area contributed by atoms with E-state index in [0.29, 0.717) is 5.75 Å². The molecule has 2 rings (SSSR count). The van der Waals surface area contributed by atoms with Gasteiger partial charge in [0.05, 0.1) is 17.8 Å². The third-order valence-corrected chi connectivity index (χ3v) is 4.89. The number of methoxy groups -OCH3 is 1. The summed E-state index contributed by atoms with van der Waals surface area (Å²) < 4.78 is 4.99. The fraction of sp³-hybridized carbons (Fsp3) is 0.316. The second-order valence-corrected chi connectivity index (χ2v) is 7.06. The van der Waals surface area contributed by atoms with Crippen molar-refractivity contribution >= 4 is 29.0 Å². The summed E-state index contributed by atoms with van der Waals surface area (Å²) in [5.74, 6) is 0.913. The average molecular weight is 374 g/mol.